The highest BCUT2D eigenvalue weighted by Crippen LogP contribution is 2.15. The molecule has 3 N–H and O–H groups in total. The van der Waals surface area contributed by atoms with Gasteiger partial charge in [-0.25, -0.2) is 4.39 Å². The Kier molecular flexibility index (Phi) is 4.90. The van der Waals surface area contributed by atoms with E-state index in [2.05, 4.69) is 5.32 Å². The van der Waals surface area contributed by atoms with Gasteiger partial charge in [-0.1, -0.05) is 25.4 Å². The second-order valence-corrected chi connectivity index (χ2v) is 4.65. The summed E-state index contributed by atoms with van der Waals surface area (Å²) in [7, 11) is 0. The molecule has 0 aromatic heterocycles. The Morgan fingerprint density at radius 1 is 1.53 bits per heavy atom. The van der Waals surface area contributed by atoms with Crippen LogP contribution in [0, 0.1) is 11.7 Å². The summed E-state index contributed by atoms with van der Waals surface area (Å²) in [5.41, 5.74) is 6.03. The SMILES string of the molecule is CC(C)C(N)CNC(=O)c1ccc(Cl)c(F)c1. The van der Waals surface area contributed by atoms with Crippen molar-refractivity contribution in [2.75, 3.05) is 6.54 Å². The Labute approximate surface area is 105 Å². The fourth-order valence-electron chi connectivity index (χ4n) is 1.19. The predicted molar refractivity (Wildman–Crippen MR) is 66.6 cm³/mol. The van der Waals surface area contributed by atoms with Crippen molar-refractivity contribution in [3.8, 4) is 0 Å². The Bertz CT molecular complexity index is 409. The lowest BCUT2D eigenvalue weighted by Gasteiger charge is -2.16. The lowest BCUT2D eigenvalue weighted by atomic mass is 10.1. The van der Waals surface area contributed by atoms with Crippen molar-refractivity contribution in [2.24, 2.45) is 11.7 Å². The summed E-state index contributed by atoms with van der Waals surface area (Å²) >= 11 is 5.53. The summed E-state index contributed by atoms with van der Waals surface area (Å²) < 4.78 is 13.1. The van der Waals surface area contributed by atoms with E-state index in [1.165, 1.54) is 12.1 Å². The minimum atomic E-state index is -0.604. The van der Waals surface area contributed by atoms with E-state index in [9.17, 15) is 9.18 Å². The lowest BCUT2D eigenvalue weighted by Crippen LogP contribution is -2.40. The van der Waals surface area contributed by atoms with Crippen LogP contribution in [-0.2, 0) is 0 Å². The quantitative estimate of drug-likeness (QED) is 0.870. The van der Waals surface area contributed by atoms with E-state index in [1.54, 1.807) is 0 Å². The zero-order valence-corrected chi connectivity index (χ0v) is 10.6. The van der Waals surface area contributed by atoms with Gasteiger partial charge in [-0.2, -0.15) is 0 Å². The lowest BCUT2D eigenvalue weighted by molar-refractivity contribution is 0.0949. The zero-order chi connectivity index (χ0) is 13.0. The minimum absolute atomic E-state index is 0.000400. The van der Waals surface area contributed by atoms with Crippen LogP contribution in [0.1, 0.15) is 24.2 Å². The number of carbonyl (C=O) groups excluding carboxylic acids is 1. The van der Waals surface area contributed by atoms with Gasteiger partial charge < -0.3 is 11.1 Å². The van der Waals surface area contributed by atoms with Crippen molar-refractivity contribution >= 4 is 17.5 Å². The van der Waals surface area contributed by atoms with Crippen LogP contribution in [0.3, 0.4) is 0 Å². The van der Waals surface area contributed by atoms with Crippen molar-refractivity contribution in [2.45, 2.75) is 19.9 Å². The molecule has 17 heavy (non-hydrogen) atoms. The van der Waals surface area contributed by atoms with Gasteiger partial charge in [0.05, 0.1) is 5.02 Å². The summed E-state index contributed by atoms with van der Waals surface area (Å²) in [6, 6.07) is 3.82. The molecule has 0 aliphatic carbocycles. The Balaban J connectivity index is 2.61. The molecule has 1 rings (SSSR count). The number of benzene rings is 1. The summed E-state index contributed by atoms with van der Waals surface area (Å²) in [6.45, 7) is 4.30. The molecule has 5 heteroatoms. The fourth-order valence-corrected chi connectivity index (χ4v) is 1.30. The van der Waals surface area contributed by atoms with Crippen molar-refractivity contribution in [1.82, 2.24) is 5.32 Å². The highest BCUT2D eigenvalue weighted by atomic mass is 35.5. The molecule has 0 saturated carbocycles. The van der Waals surface area contributed by atoms with E-state index < -0.39 is 5.82 Å². The van der Waals surface area contributed by atoms with Crippen LogP contribution in [0.2, 0.25) is 5.02 Å². The van der Waals surface area contributed by atoms with Crippen LogP contribution in [-0.4, -0.2) is 18.5 Å². The van der Waals surface area contributed by atoms with Gasteiger partial charge in [-0.3, -0.25) is 4.79 Å². The van der Waals surface area contributed by atoms with Crippen molar-refractivity contribution < 1.29 is 9.18 Å². The number of nitrogens with one attached hydrogen (secondary N) is 1. The monoisotopic (exact) mass is 258 g/mol. The molecule has 3 nitrogen and oxygen atoms in total. The van der Waals surface area contributed by atoms with Gasteiger partial charge in [0.2, 0.25) is 0 Å². The van der Waals surface area contributed by atoms with E-state index in [0.717, 1.165) is 6.07 Å². The molecule has 1 unspecified atom stereocenters. The number of halogens is 2. The molecular weight excluding hydrogens is 243 g/mol. The van der Waals surface area contributed by atoms with E-state index >= 15 is 0 Å². The maximum absolute atomic E-state index is 13.1. The maximum Gasteiger partial charge on any atom is 0.251 e. The van der Waals surface area contributed by atoms with Gasteiger partial charge in [0.25, 0.3) is 5.91 Å². The summed E-state index contributed by atoms with van der Waals surface area (Å²) in [6.07, 6.45) is 0. The second-order valence-electron chi connectivity index (χ2n) is 4.25. The number of hydrogen-bond acceptors (Lipinski definition) is 2. The third-order valence-electron chi connectivity index (χ3n) is 2.54. The van der Waals surface area contributed by atoms with Crippen LogP contribution in [0.25, 0.3) is 0 Å². The molecule has 1 aromatic carbocycles. The van der Waals surface area contributed by atoms with Crippen LogP contribution in [0.5, 0.6) is 0 Å². The van der Waals surface area contributed by atoms with Crippen LogP contribution < -0.4 is 11.1 Å². The highest BCUT2D eigenvalue weighted by molar-refractivity contribution is 6.30. The zero-order valence-electron chi connectivity index (χ0n) is 9.84. The first-order valence-electron chi connectivity index (χ1n) is 5.40. The first kappa shape index (κ1) is 13.9. The number of nitrogens with two attached hydrogens (primary N) is 1. The van der Waals surface area contributed by atoms with E-state index in [4.69, 9.17) is 17.3 Å². The number of rotatable bonds is 4. The third kappa shape index (κ3) is 3.98. The normalized spacial score (nSPS) is 12.6. The molecule has 0 spiro atoms. The van der Waals surface area contributed by atoms with Gasteiger partial charge >= 0.3 is 0 Å². The Morgan fingerprint density at radius 2 is 2.18 bits per heavy atom. The second kappa shape index (κ2) is 5.98. The van der Waals surface area contributed by atoms with Crippen LogP contribution in [0.4, 0.5) is 4.39 Å². The minimum Gasteiger partial charge on any atom is -0.350 e. The smallest absolute Gasteiger partial charge is 0.251 e. The third-order valence-corrected chi connectivity index (χ3v) is 2.84. The molecule has 1 aromatic rings. The fraction of sp³-hybridized carbons (Fsp3) is 0.417. The van der Waals surface area contributed by atoms with E-state index in [1.807, 2.05) is 13.8 Å². The maximum atomic E-state index is 13.1. The average Bonchev–Trinajstić information content (AvgIpc) is 2.28. The Hall–Kier alpha value is -1.13. The van der Waals surface area contributed by atoms with Crippen molar-refractivity contribution in [3.63, 3.8) is 0 Å². The highest BCUT2D eigenvalue weighted by Gasteiger charge is 2.12. The van der Waals surface area contributed by atoms with E-state index in [0.29, 0.717) is 6.54 Å². The van der Waals surface area contributed by atoms with Gasteiger partial charge in [-0.05, 0) is 24.1 Å². The standard InChI is InChI=1S/C12H16ClFN2O/c1-7(2)11(15)6-16-12(17)8-3-4-9(13)10(14)5-8/h3-5,7,11H,6,15H2,1-2H3,(H,16,17). The molecule has 1 amide bonds. The number of hydrogen-bond donors (Lipinski definition) is 2. The van der Waals surface area contributed by atoms with Crippen molar-refractivity contribution in [3.05, 3.63) is 34.6 Å². The molecule has 0 bridgehead atoms. The van der Waals surface area contributed by atoms with Gasteiger partial charge in [0, 0.05) is 18.2 Å². The van der Waals surface area contributed by atoms with Gasteiger partial charge in [0.15, 0.2) is 0 Å². The Morgan fingerprint density at radius 3 is 2.71 bits per heavy atom. The first-order chi connectivity index (χ1) is 7.91. The summed E-state index contributed by atoms with van der Waals surface area (Å²) in [4.78, 5) is 11.7. The van der Waals surface area contributed by atoms with Crippen LogP contribution in [0.15, 0.2) is 18.2 Å². The molecule has 0 radical (unpaired) electrons. The van der Waals surface area contributed by atoms with Crippen molar-refractivity contribution in [1.29, 1.82) is 0 Å². The molecule has 0 fully saturated rings. The molecule has 0 aliphatic heterocycles. The molecular formula is C12H16ClFN2O. The first-order valence-corrected chi connectivity index (χ1v) is 5.78. The molecule has 0 aliphatic rings. The van der Waals surface area contributed by atoms with Gasteiger partial charge in [0.1, 0.15) is 5.82 Å². The largest absolute Gasteiger partial charge is 0.350 e. The van der Waals surface area contributed by atoms with E-state index in [-0.39, 0.29) is 28.5 Å². The van der Waals surface area contributed by atoms with Crippen LogP contribution >= 0.6 is 11.6 Å². The average molecular weight is 259 g/mol. The predicted octanol–water partition coefficient (Wildman–Crippen LogP) is 2.19. The molecule has 94 valence electrons. The topological polar surface area (TPSA) is 55.1 Å². The number of amides is 1. The summed E-state index contributed by atoms with van der Waals surface area (Å²) in [5.74, 6) is -0.679. The van der Waals surface area contributed by atoms with Gasteiger partial charge in [-0.15, -0.1) is 0 Å². The molecule has 0 heterocycles. The molecule has 0 saturated heterocycles. The molecule has 1 atom stereocenters. The summed E-state index contributed by atoms with van der Waals surface area (Å²) in [5, 5.41) is 2.65. The number of carbonyl (C=O) groups is 1.